The van der Waals surface area contributed by atoms with Crippen molar-refractivity contribution in [2.45, 2.75) is 29.7 Å². The van der Waals surface area contributed by atoms with Crippen molar-refractivity contribution in [1.29, 1.82) is 0 Å². The Kier molecular flexibility index (Phi) is 7.40. The first-order chi connectivity index (χ1) is 12.8. The summed E-state index contributed by atoms with van der Waals surface area (Å²) in [5.41, 5.74) is 1.86. The second-order valence-corrected chi connectivity index (χ2v) is 8.32. The van der Waals surface area contributed by atoms with Crippen molar-refractivity contribution in [3.8, 4) is 0 Å². The van der Waals surface area contributed by atoms with Gasteiger partial charge >= 0.3 is 0 Å². The normalized spacial score (nSPS) is 15.5. The average Bonchev–Trinajstić information content (AvgIpc) is 3.43. The SMILES string of the molecule is CN=C(NCc1ccc(S(N)(=O)=O)cc1)NCC1(c2cccc(F)c2)CC1.I. The summed E-state index contributed by atoms with van der Waals surface area (Å²) in [5.74, 6) is 0.414. The highest BCUT2D eigenvalue weighted by molar-refractivity contribution is 14.0. The highest BCUT2D eigenvalue weighted by atomic mass is 127. The molecule has 1 saturated carbocycles. The summed E-state index contributed by atoms with van der Waals surface area (Å²) < 4.78 is 36.1. The average molecular weight is 518 g/mol. The molecular formula is C19H24FIN4O2S. The summed E-state index contributed by atoms with van der Waals surface area (Å²) in [5, 5.41) is 11.6. The first-order valence-corrected chi connectivity index (χ1v) is 10.2. The van der Waals surface area contributed by atoms with Crippen LogP contribution >= 0.6 is 24.0 Å². The van der Waals surface area contributed by atoms with Crippen LogP contribution in [0.3, 0.4) is 0 Å². The minimum absolute atomic E-state index is 0. The van der Waals surface area contributed by atoms with Gasteiger partial charge in [0, 0.05) is 25.6 Å². The number of benzene rings is 2. The second kappa shape index (κ2) is 9.19. The van der Waals surface area contributed by atoms with Crippen LogP contribution < -0.4 is 15.8 Å². The van der Waals surface area contributed by atoms with E-state index in [1.807, 2.05) is 6.07 Å². The van der Waals surface area contributed by atoms with Crippen molar-refractivity contribution in [3.05, 3.63) is 65.5 Å². The Labute approximate surface area is 181 Å². The van der Waals surface area contributed by atoms with E-state index in [4.69, 9.17) is 5.14 Å². The second-order valence-electron chi connectivity index (χ2n) is 6.76. The molecule has 0 amide bonds. The first-order valence-electron chi connectivity index (χ1n) is 8.65. The molecule has 0 saturated heterocycles. The van der Waals surface area contributed by atoms with Gasteiger partial charge in [-0.3, -0.25) is 4.99 Å². The van der Waals surface area contributed by atoms with Crippen LogP contribution in [0.5, 0.6) is 0 Å². The Morgan fingerprint density at radius 1 is 1.18 bits per heavy atom. The van der Waals surface area contributed by atoms with Gasteiger partial charge in [-0.05, 0) is 48.2 Å². The minimum atomic E-state index is -3.69. The lowest BCUT2D eigenvalue weighted by Gasteiger charge is -2.19. The van der Waals surface area contributed by atoms with Gasteiger partial charge in [0.05, 0.1) is 4.90 Å². The van der Waals surface area contributed by atoms with E-state index in [2.05, 4.69) is 15.6 Å². The summed E-state index contributed by atoms with van der Waals surface area (Å²) in [4.78, 5) is 4.29. The first kappa shape index (κ1) is 22.6. The summed E-state index contributed by atoms with van der Waals surface area (Å²) >= 11 is 0. The lowest BCUT2D eigenvalue weighted by Crippen LogP contribution is -2.40. The van der Waals surface area contributed by atoms with Gasteiger partial charge in [0.2, 0.25) is 10.0 Å². The molecular weight excluding hydrogens is 494 g/mol. The van der Waals surface area contributed by atoms with Crippen molar-refractivity contribution < 1.29 is 12.8 Å². The molecule has 0 bridgehead atoms. The van der Waals surface area contributed by atoms with Crippen LogP contribution in [0.4, 0.5) is 4.39 Å². The lowest BCUT2D eigenvalue weighted by atomic mass is 9.96. The molecule has 0 aliphatic heterocycles. The number of halogens is 2. The van der Waals surface area contributed by atoms with Crippen molar-refractivity contribution >= 4 is 40.0 Å². The van der Waals surface area contributed by atoms with Gasteiger partial charge < -0.3 is 10.6 Å². The summed E-state index contributed by atoms with van der Waals surface area (Å²) in [6.45, 7) is 1.15. The van der Waals surface area contributed by atoms with Crippen LogP contribution in [0.15, 0.2) is 58.4 Å². The zero-order valence-corrected chi connectivity index (χ0v) is 18.6. The largest absolute Gasteiger partial charge is 0.356 e. The van der Waals surface area contributed by atoms with Crippen LogP contribution in [0.2, 0.25) is 0 Å². The quantitative estimate of drug-likeness (QED) is 0.311. The predicted molar refractivity (Wildman–Crippen MR) is 119 cm³/mol. The van der Waals surface area contributed by atoms with Crippen LogP contribution in [-0.2, 0) is 22.0 Å². The van der Waals surface area contributed by atoms with Crippen molar-refractivity contribution in [3.63, 3.8) is 0 Å². The third kappa shape index (κ3) is 5.65. The molecule has 3 rings (SSSR count). The molecule has 4 N–H and O–H groups in total. The zero-order valence-electron chi connectivity index (χ0n) is 15.5. The van der Waals surface area contributed by atoms with E-state index in [1.54, 1.807) is 31.3 Å². The zero-order chi connectivity index (χ0) is 19.5. The van der Waals surface area contributed by atoms with Gasteiger partial charge in [-0.1, -0.05) is 24.3 Å². The van der Waals surface area contributed by atoms with Gasteiger partial charge in [-0.2, -0.15) is 0 Å². The Morgan fingerprint density at radius 3 is 2.39 bits per heavy atom. The predicted octanol–water partition coefficient (Wildman–Crippen LogP) is 2.49. The molecule has 0 atom stereocenters. The van der Waals surface area contributed by atoms with E-state index in [9.17, 15) is 12.8 Å². The van der Waals surface area contributed by atoms with Crippen LogP contribution in [-0.4, -0.2) is 28.0 Å². The van der Waals surface area contributed by atoms with Crippen LogP contribution in [0, 0.1) is 5.82 Å². The molecule has 28 heavy (non-hydrogen) atoms. The van der Waals surface area contributed by atoms with Gasteiger partial charge in [0.15, 0.2) is 5.96 Å². The number of rotatable bonds is 6. The Hall–Kier alpha value is -1.72. The number of nitrogens with two attached hydrogens (primary N) is 1. The number of hydrogen-bond acceptors (Lipinski definition) is 3. The standard InChI is InChI=1S/C19H23FN4O2S.HI/c1-22-18(23-12-14-5-7-17(8-6-14)27(21,25)26)24-13-19(9-10-19)15-3-2-4-16(20)11-15;/h2-8,11H,9-10,12-13H2,1H3,(H2,21,25,26)(H2,22,23,24);1H. The van der Waals surface area contributed by atoms with Gasteiger partial charge in [0.25, 0.3) is 0 Å². The van der Waals surface area contributed by atoms with E-state index in [0.717, 1.165) is 24.0 Å². The fraction of sp³-hybridized carbons (Fsp3) is 0.316. The maximum Gasteiger partial charge on any atom is 0.238 e. The van der Waals surface area contributed by atoms with Gasteiger partial charge in [-0.25, -0.2) is 17.9 Å². The van der Waals surface area contributed by atoms with E-state index < -0.39 is 10.0 Å². The number of hydrogen-bond donors (Lipinski definition) is 3. The summed E-state index contributed by atoms with van der Waals surface area (Å²) in [7, 11) is -2.00. The smallest absolute Gasteiger partial charge is 0.238 e. The molecule has 0 aromatic heterocycles. The highest BCUT2D eigenvalue weighted by Crippen LogP contribution is 2.47. The van der Waals surface area contributed by atoms with Gasteiger partial charge in [0.1, 0.15) is 5.82 Å². The number of aliphatic imine (C=N–C) groups is 1. The van der Waals surface area contributed by atoms with E-state index in [1.165, 1.54) is 18.2 Å². The maximum absolute atomic E-state index is 13.5. The van der Waals surface area contributed by atoms with E-state index >= 15 is 0 Å². The molecule has 0 radical (unpaired) electrons. The minimum Gasteiger partial charge on any atom is -0.356 e. The number of guanidine groups is 1. The molecule has 152 valence electrons. The van der Waals surface area contributed by atoms with Gasteiger partial charge in [-0.15, -0.1) is 24.0 Å². The lowest BCUT2D eigenvalue weighted by molar-refractivity contribution is 0.597. The molecule has 1 aliphatic rings. The molecule has 2 aromatic carbocycles. The van der Waals surface area contributed by atoms with E-state index in [-0.39, 0.29) is 40.1 Å². The summed E-state index contributed by atoms with van der Waals surface area (Å²) in [6.07, 6.45) is 2.02. The molecule has 2 aromatic rings. The fourth-order valence-electron chi connectivity index (χ4n) is 2.99. The molecule has 1 aliphatic carbocycles. The number of sulfonamides is 1. The molecule has 0 unspecified atom stereocenters. The third-order valence-corrected chi connectivity index (χ3v) is 5.75. The number of primary sulfonamides is 1. The van der Waals surface area contributed by atoms with Crippen molar-refractivity contribution in [1.82, 2.24) is 10.6 Å². The monoisotopic (exact) mass is 518 g/mol. The molecule has 9 heteroatoms. The molecule has 1 fully saturated rings. The molecule has 0 spiro atoms. The highest BCUT2D eigenvalue weighted by Gasteiger charge is 2.44. The van der Waals surface area contributed by atoms with Crippen LogP contribution in [0.1, 0.15) is 24.0 Å². The topological polar surface area (TPSA) is 96.6 Å². The third-order valence-electron chi connectivity index (χ3n) is 4.82. The number of nitrogens with zero attached hydrogens (tertiary/aromatic N) is 1. The Bertz CT molecular complexity index is 945. The molecule has 6 nitrogen and oxygen atoms in total. The fourth-order valence-corrected chi connectivity index (χ4v) is 3.51. The Morgan fingerprint density at radius 2 is 1.86 bits per heavy atom. The van der Waals surface area contributed by atoms with Crippen molar-refractivity contribution in [2.24, 2.45) is 10.1 Å². The number of nitrogens with one attached hydrogen (secondary N) is 2. The van der Waals surface area contributed by atoms with E-state index in [0.29, 0.717) is 19.0 Å². The molecule has 0 heterocycles. The van der Waals surface area contributed by atoms with Crippen LogP contribution in [0.25, 0.3) is 0 Å². The summed E-state index contributed by atoms with van der Waals surface area (Å²) in [6, 6.07) is 13.1. The Balaban J connectivity index is 0.00000280. The van der Waals surface area contributed by atoms with Crippen molar-refractivity contribution in [2.75, 3.05) is 13.6 Å². The maximum atomic E-state index is 13.5.